The number of methoxy groups -OCH3 is 1. The Morgan fingerprint density at radius 3 is 2.80 bits per heavy atom. The number of nitro groups is 1. The van der Waals surface area contributed by atoms with Gasteiger partial charge in [-0.25, -0.2) is 4.79 Å². The molecule has 0 saturated carbocycles. The van der Waals surface area contributed by atoms with Crippen molar-refractivity contribution in [2.24, 2.45) is 0 Å². The predicted octanol–water partition coefficient (Wildman–Crippen LogP) is 2.04. The molecule has 0 spiro atoms. The molecule has 0 saturated heterocycles. The van der Waals surface area contributed by atoms with Gasteiger partial charge in [-0.1, -0.05) is 0 Å². The molecule has 1 aromatic carbocycles. The van der Waals surface area contributed by atoms with Crippen molar-refractivity contribution in [1.82, 2.24) is 4.57 Å². The van der Waals surface area contributed by atoms with Gasteiger partial charge in [-0.2, -0.15) is 5.26 Å². The molecule has 1 heterocycles. The third-order valence-electron chi connectivity index (χ3n) is 2.72. The van der Waals surface area contributed by atoms with E-state index in [2.05, 4.69) is 4.74 Å². The highest BCUT2D eigenvalue weighted by molar-refractivity contribution is 5.90. The fourth-order valence-electron chi connectivity index (χ4n) is 1.80. The minimum atomic E-state index is -0.605. The highest BCUT2D eigenvalue weighted by Crippen LogP contribution is 2.26. The van der Waals surface area contributed by atoms with Crippen molar-refractivity contribution in [2.45, 2.75) is 0 Å². The number of ether oxygens (including phenoxy) is 1. The number of nitrogens with zero attached hydrogens (tertiary/aromatic N) is 3. The summed E-state index contributed by atoms with van der Waals surface area (Å²) in [6.45, 7) is 0. The van der Waals surface area contributed by atoms with Gasteiger partial charge < -0.3 is 9.30 Å². The average molecular weight is 271 g/mol. The van der Waals surface area contributed by atoms with Crippen LogP contribution >= 0.6 is 0 Å². The molecule has 0 fully saturated rings. The van der Waals surface area contributed by atoms with E-state index in [0.717, 1.165) is 0 Å². The van der Waals surface area contributed by atoms with E-state index in [1.807, 2.05) is 6.07 Å². The van der Waals surface area contributed by atoms with Crippen LogP contribution in [-0.2, 0) is 4.74 Å². The lowest BCUT2D eigenvalue weighted by Crippen LogP contribution is -2.06. The van der Waals surface area contributed by atoms with E-state index in [0.29, 0.717) is 0 Å². The summed E-state index contributed by atoms with van der Waals surface area (Å²) in [5.41, 5.74) is 0.339. The number of carbonyl (C=O) groups is 1. The smallest absolute Gasteiger partial charge is 0.337 e. The Labute approximate surface area is 113 Å². The number of carbonyl (C=O) groups excluding carboxylic acids is 1. The summed E-state index contributed by atoms with van der Waals surface area (Å²) in [5.74, 6) is -0.605. The molecular formula is C13H9N3O4. The maximum absolute atomic E-state index is 11.5. The average Bonchev–Trinajstić information content (AvgIpc) is 2.93. The molecule has 0 aliphatic rings. The maximum atomic E-state index is 11.5. The van der Waals surface area contributed by atoms with E-state index < -0.39 is 10.9 Å². The number of hydrogen-bond acceptors (Lipinski definition) is 5. The summed E-state index contributed by atoms with van der Waals surface area (Å²) in [7, 11) is 1.22. The normalized spacial score (nSPS) is 9.80. The molecule has 7 nitrogen and oxygen atoms in total. The lowest BCUT2D eigenvalue weighted by atomic mass is 10.1. The molecule has 0 N–H and O–H groups in total. The van der Waals surface area contributed by atoms with Crippen LogP contribution in [0.25, 0.3) is 5.69 Å². The monoisotopic (exact) mass is 271 g/mol. The summed E-state index contributed by atoms with van der Waals surface area (Å²) in [6, 6.07) is 8.88. The number of hydrogen-bond donors (Lipinski definition) is 0. The number of rotatable bonds is 3. The van der Waals surface area contributed by atoms with Gasteiger partial charge in [0, 0.05) is 12.3 Å². The third kappa shape index (κ3) is 2.22. The number of aromatic nitrogens is 1. The van der Waals surface area contributed by atoms with Gasteiger partial charge >= 0.3 is 5.97 Å². The Morgan fingerprint density at radius 1 is 1.45 bits per heavy atom. The molecule has 7 heteroatoms. The Kier molecular flexibility index (Phi) is 3.48. The summed E-state index contributed by atoms with van der Waals surface area (Å²) in [5, 5.41) is 20.1. The first kappa shape index (κ1) is 13.3. The number of nitriles is 1. The van der Waals surface area contributed by atoms with Crippen molar-refractivity contribution in [3.8, 4) is 11.8 Å². The Bertz CT molecular complexity index is 727. The molecule has 20 heavy (non-hydrogen) atoms. The van der Waals surface area contributed by atoms with Gasteiger partial charge in [0.05, 0.1) is 17.6 Å². The van der Waals surface area contributed by atoms with E-state index in [1.165, 1.54) is 42.1 Å². The molecular weight excluding hydrogens is 262 g/mol. The van der Waals surface area contributed by atoms with Crippen LogP contribution in [0, 0.1) is 21.4 Å². The van der Waals surface area contributed by atoms with Gasteiger partial charge in [0.1, 0.15) is 17.5 Å². The molecule has 0 aliphatic heterocycles. The van der Waals surface area contributed by atoms with Crippen LogP contribution in [-0.4, -0.2) is 22.6 Å². The Morgan fingerprint density at radius 2 is 2.20 bits per heavy atom. The first-order chi connectivity index (χ1) is 9.58. The van der Waals surface area contributed by atoms with Crippen molar-refractivity contribution >= 4 is 11.7 Å². The zero-order valence-corrected chi connectivity index (χ0v) is 10.4. The second-order valence-electron chi connectivity index (χ2n) is 3.83. The Balaban J connectivity index is 2.68. The van der Waals surface area contributed by atoms with E-state index in [9.17, 15) is 14.9 Å². The predicted molar refractivity (Wildman–Crippen MR) is 68.5 cm³/mol. The molecule has 0 unspecified atom stereocenters. The van der Waals surface area contributed by atoms with Crippen LogP contribution in [0.3, 0.4) is 0 Å². The quantitative estimate of drug-likeness (QED) is 0.483. The standard InChI is InChI=1S/C13H9N3O4/c1-20-13(17)9-4-5-11(16(18)19)12(7-9)15-6-2-3-10(15)8-14/h2-7H,1H3. The van der Waals surface area contributed by atoms with Crippen LogP contribution in [0.1, 0.15) is 16.1 Å². The fraction of sp³-hybridized carbons (Fsp3) is 0.0769. The van der Waals surface area contributed by atoms with Crippen LogP contribution in [0.15, 0.2) is 36.5 Å². The van der Waals surface area contributed by atoms with Crippen LogP contribution in [0.4, 0.5) is 5.69 Å². The van der Waals surface area contributed by atoms with Crippen molar-refractivity contribution in [2.75, 3.05) is 7.11 Å². The van der Waals surface area contributed by atoms with Gasteiger partial charge in [-0.05, 0) is 24.3 Å². The maximum Gasteiger partial charge on any atom is 0.337 e. The van der Waals surface area contributed by atoms with Crippen molar-refractivity contribution in [3.05, 3.63) is 57.9 Å². The van der Waals surface area contributed by atoms with E-state index in [1.54, 1.807) is 6.07 Å². The number of esters is 1. The summed E-state index contributed by atoms with van der Waals surface area (Å²) in [6.07, 6.45) is 1.52. The first-order valence-electron chi connectivity index (χ1n) is 5.53. The second kappa shape index (κ2) is 5.24. The van der Waals surface area contributed by atoms with E-state index in [4.69, 9.17) is 5.26 Å². The van der Waals surface area contributed by atoms with Gasteiger partial charge in [0.2, 0.25) is 0 Å². The van der Waals surface area contributed by atoms with Gasteiger partial charge in [0.15, 0.2) is 0 Å². The van der Waals surface area contributed by atoms with Gasteiger partial charge in [-0.15, -0.1) is 0 Å². The molecule has 0 radical (unpaired) electrons. The minimum Gasteiger partial charge on any atom is -0.465 e. The van der Waals surface area contributed by atoms with Crippen molar-refractivity contribution in [1.29, 1.82) is 5.26 Å². The lowest BCUT2D eigenvalue weighted by molar-refractivity contribution is -0.384. The molecule has 0 amide bonds. The molecule has 1 aromatic heterocycles. The van der Waals surface area contributed by atoms with E-state index >= 15 is 0 Å². The molecule has 2 aromatic rings. The number of benzene rings is 1. The van der Waals surface area contributed by atoms with Gasteiger partial charge in [-0.3, -0.25) is 10.1 Å². The zero-order chi connectivity index (χ0) is 14.7. The number of nitro benzene ring substituents is 1. The Hall–Kier alpha value is -3.14. The topological polar surface area (TPSA) is 98.2 Å². The second-order valence-corrected chi connectivity index (χ2v) is 3.83. The van der Waals surface area contributed by atoms with E-state index in [-0.39, 0.29) is 22.6 Å². The highest BCUT2D eigenvalue weighted by Gasteiger charge is 2.19. The van der Waals surface area contributed by atoms with Crippen molar-refractivity contribution < 1.29 is 14.5 Å². The summed E-state index contributed by atoms with van der Waals surface area (Å²) >= 11 is 0. The third-order valence-corrected chi connectivity index (χ3v) is 2.72. The first-order valence-corrected chi connectivity index (χ1v) is 5.53. The summed E-state index contributed by atoms with van der Waals surface area (Å²) < 4.78 is 5.93. The molecule has 0 aliphatic carbocycles. The largest absolute Gasteiger partial charge is 0.465 e. The zero-order valence-electron chi connectivity index (χ0n) is 10.4. The molecule has 100 valence electrons. The highest BCUT2D eigenvalue weighted by atomic mass is 16.6. The minimum absolute atomic E-state index is 0.138. The molecule has 0 atom stereocenters. The van der Waals surface area contributed by atoms with Crippen LogP contribution < -0.4 is 0 Å². The molecule has 0 bridgehead atoms. The van der Waals surface area contributed by atoms with Crippen LogP contribution in [0.5, 0.6) is 0 Å². The SMILES string of the molecule is COC(=O)c1ccc([N+](=O)[O-])c(-n2cccc2C#N)c1. The molecule has 2 rings (SSSR count). The van der Waals surface area contributed by atoms with Gasteiger partial charge in [0.25, 0.3) is 5.69 Å². The fourth-order valence-corrected chi connectivity index (χ4v) is 1.80. The lowest BCUT2D eigenvalue weighted by Gasteiger charge is -2.07. The van der Waals surface area contributed by atoms with Crippen LogP contribution in [0.2, 0.25) is 0 Å². The van der Waals surface area contributed by atoms with Crippen molar-refractivity contribution in [3.63, 3.8) is 0 Å². The summed E-state index contributed by atoms with van der Waals surface area (Å²) in [4.78, 5) is 22.0.